The summed E-state index contributed by atoms with van der Waals surface area (Å²) in [4.78, 5) is 40.7. The van der Waals surface area contributed by atoms with Crippen molar-refractivity contribution in [3.8, 4) is 0 Å². The van der Waals surface area contributed by atoms with Crippen LogP contribution in [0, 0.1) is 25.7 Å². The van der Waals surface area contributed by atoms with E-state index in [1.165, 1.54) is 4.90 Å². The molecule has 4 rings (SSSR count). The second-order valence-electron chi connectivity index (χ2n) is 7.88. The van der Waals surface area contributed by atoms with Crippen LogP contribution in [-0.2, 0) is 19.9 Å². The highest BCUT2D eigenvalue weighted by atomic mass is 16.2. The summed E-state index contributed by atoms with van der Waals surface area (Å²) >= 11 is 0. The zero-order chi connectivity index (χ0) is 18.8. The molecule has 4 atom stereocenters. The summed E-state index contributed by atoms with van der Waals surface area (Å²) in [6.07, 6.45) is 1.69. The number of nitrogens with zero attached hydrogens (tertiary/aromatic N) is 1. The molecule has 0 aliphatic carbocycles. The maximum atomic E-state index is 13.2. The van der Waals surface area contributed by atoms with Gasteiger partial charge < -0.3 is 5.32 Å². The fourth-order valence-electron chi connectivity index (χ4n) is 5.02. The maximum Gasteiger partial charge on any atom is 0.250 e. The van der Waals surface area contributed by atoms with Crippen LogP contribution < -0.4 is 10.6 Å². The first-order valence-corrected chi connectivity index (χ1v) is 9.39. The molecule has 6 nitrogen and oxygen atoms in total. The van der Waals surface area contributed by atoms with E-state index in [2.05, 4.69) is 10.6 Å². The molecule has 138 valence electrons. The van der Waals surface area contributed by atoms with Gasteiger partial charge in [0.25, 0.3) is 0 Å². The number of anilines is 1. The normalized spacial score (nSPS) is 32.4. The van der Waals surface area contributed by atoms with Crippen LogP contribution in [0.25, 0.3) is 0 Å². The molecule has 0 aromatic heterocycles. The number of hydrogen-bond acceptors (Lipinski definition) is 4. The molecule has 2 saturated heterocycles. The Hall–Kier alpha value is -2.21. The standard InChI is InChI=1S/C20H25N3O3/c1-5-6-7-23-17(24)14-12(4)22-20(15(14)18(23)25)13-9-10(2)8-11(3)16(13)21-19(20)26/h8-9,12,14-15,22H,5-7H2,1-4H3,(H,21,26)/t12?,14-,15+,20?/m0/s1. The minimum Gasteiger partial charge on any atom is -0.324 e. The highest BCUT2D eigenvalue weighted by Gasteiger charge is 2.69. The Kier molecular flexibility index (Phi) is 3.74. The van der Waals surface area contributed by atoms with Crippen LogP contribution in [-0.4, -0.2) is 35.2 Å². The van der Waals surface area contributed by atoms with Gasteiger partial charge in [-0.05, 0) is 32.8 Å². The minimum atomic E-state index is -1.15. The van der Waals surface area contributed by atoms with Crippen LogP contribution in [0.3, 0.4) is 0 Å². The van der Waals surface area contributed by atoms with Crippen molar-refractivity contribution < 1.29 is 14.4 Å². The number of likely N-dealkylation sites (tertiary alicyclic amines) is 1. The number of hydrogen-bond donors (Lipinski definition) is 2. The number of imide groups is 1. The molecule has 0 bridgehead atoms. The van der Waals surface area contributed by atoms with Crippen molar-refractivity contribution in [2.75, 3.05) is 11.9 Å². The predicted molar refractivity (Wildman–Crippen MR) is 97.4 cm³/mol. The average molecular weight is 355 g/mol. The largest absolute Gasteiger partial charge is 0.324 e. The third kappa shape index (κ3) is 1.99. The Bertz CT molecular complexity index is 834. The number of nitrogens with one attached hydrogen (secondary N) is 2. The third-order valence-electron chi connectivity index (χ3n) is 6.14. The summed E-state index contributed by atoms with van der Waals surface area (Å²) in [5, 5.41) is 6.32. The Balaban J connectivity index is 1.86. The SMILES string of the molecule is CCCCN1C(=O)[C@H]2C(C)NC3(C(=O)Nc4c(C)cc(C)cc43)[C@H]2C1=O. The van der Waals surface area contributed by atoms with E-state index in [9.17, 15) is 14.4 Å². The molecule has 6 heteroatoms. The van der Waals surface area contributed by atoms with Crippen molar-refractivity contribution in [2.45, 2.75) is 52.1 Å². The molecule has 1 aromatic carbocycles. The molecule has 2 unspecified atom stereocenters. The monoisotopic (exact) mass is 355 g/mol. The lowest BCUT2D eigenvalue weighted by Gasteiger charge is -2.29. The van der Waals surface area contributed by atoms with Gasteiger partial charge in [-0.15, -0.1) is 0 Å². The van der Waals surface area contributed by atoms with Crippen molar-refractivity contribution in [3.05, 3.63) is 28.8 Å². The summed E-state index contributed by atoms with van der Waals surface area (Å²) < 4.78 is 0. The van der Waals surface area contributed by atoms with Gasteiger partial charge in [0.1, 0.15) is 5.54 Å². The summed E-state index contributed by atoms with van der Waals surface area (Å²) in [5.41, 5.74) is 2.44. The smallest absolute Gasteiger partial charge is 0.250 e. The third-order valence-corrected chi connectivity index (χ3v) is 6.14. The lowest BCUT2D eigenvalue weighted by atomic mass is 9.76. The minimum absolute atomic E-state index is 0.143. The maximum absolute atomic E-state index is 13.2. The first kappa shape index (κ1) is 17.2. The molecule has 1 spiro atoms. The predicted octanol–water partition coefficient (Wildman–Crippen LogP) is 1.84. The number of carbonyl (C=O) groups excluding carboxylic acids is 3. The number of amides is 3. The van der Waals surface area contributed by atoms with Crippen molar-refractivity contribution >= 4 is 23.4 Å². The first-order chi connectivity index (χ1) is 12.3. The van der Waals surface area contributed by atoms with Gasteiger partial charge in [0.2, 0.25) is 17.7 Å². The molecule has 2 N–H and O–H groups in total. The fourth-order valence-corrected chi connectivity index (χ4v) is 5.02. The van der Waals surface area contributed by atoms with E-state index in [0.29, 0.717) is 6.54 Å². The molecule has 3 heterocycles. The second-order valence-corrected chi connectivity index (χ2v) is 7.88. The van der Waals surface area contributed by atoms with Crippen LogP contribution in [0.2, 0.25) is 0 Å². The lowest BCUT2D eigenvalue weighted by Crippen LogP contribution is -2.53. The number of aryl methyl sites for hydroxylation is 2. The van der Waals surface area contributed by atoms with Crippen molar-refractivity contribution in [2.24, 2.45) is 11.8 Å². The van der Waals surface area contributed by atoms with E-state index in [-0.39, 0.29) is 23.8 Å². The van der Waals surface area contributed by atoms with Gasteiger partial charge in [0.15, 0.2) is 0 Å². The molecular formula is C20H25N3O3. The molecular weight excluding hydrogens is 330 g/mol. The quantitative estimate of drug-likeness (QED) is 0.811. The average Bonchev–Trinajstić information content (AvgIpc) is 3.13. The Morgan fingerprint density at radius 3 is 2.58 bits per heavy atom. The van der Waals surface area contributed by atoms with E-state index in [1.54, 1.807) is 0 Å². The zero-order valence-electron chi connectivity index (χ0n) is 15.7. The summed E-state index contributed by atoms with van der Waals surface area (Å²) in [6, 6.07) is 3.75. The van der Waals surface area contributed by atoms with Crippen LogP contribution in [0.15, 0.2) is 12.1 Å². The van der Waals surface area contributed by atoms with Crippen molar-refractivity contribution in [1.29, 1.82) is 0 Å². The molecule has 3 aliphatic rings. The molecule has 26 heavy (non-hydrogen) atoms. The Labute approximate surface area is 153 Å². The fraction of sp³-hybridized carbons (Fsp3) is 0.550. The van der Waals surface area contributed by atoms with E-state index >= 15 is 0 Å². The van der Waals surface area contributed by atoms with E-state index in [0.717, 1.165) is 35.2 Å². The van der Waals surface area contributed by atoms with Gasteiger partial charge in [-0.1, -0.05) is 31.0 Å². The van der Waals surface area contributed by atoms with Crippen LogP contribution in [0.1, 0.15) is 43.4 Å². The van der Waals surface area contributed by atoms with Crippen LogP contribution in [0.4, 0.5) is 5.69 Å². The molecule has 1 aromatic rings. The van der Waals surface area contributed by atoms with Crippen LogP contribution in [0.5, 0.6) is 0 Å². The number of unbranched alkanes of at least 4 members (excludes halogenated alkanes) is 1. The number of fused-ring (bicyclic) bond motifs is 4. The first-order valence-electron chi connectivity index (χ1n) is 9.39. The molecule has 3 aliphatic heterocycles. The number of rotatable bonds is 3. The topological polar surface area (TPSA) is 78.5 Å². The summed E-state index contributed by atoms with van der Waals surface area (Å²) in [6.45, 7) is 8.30. The molecule has 0 saturated carbocycles. The van der Waals surface area contributed by atoms with E-state index in [1.807, 2.05) is 39.8 Å². The van der Waals surface area contributed by atoms with E-state index in [4.69, 9.17) is 0 Å². The number of carbonyl (C=O) groups is 3. The highest BCUT2D eigenvalue weighted by molar-refractivity contribution is 6.15. The van der Waals surface area contributed by atoms with Gasteiger partial charge in [0.05, 0.1) is 11.8 Å². The molecule has 3 amide bonds. The summed E-state index contributed by atoms with van der Waals surface area (Å²) in [7, 11) is 0. The van der Waals surface area contributed by atoms with Gasteiger partial charge >= 0.3 is 0 Å². The van der Waals surface area contributed by atoms with Gasteiger partial charge in [-0.2, -0.15) is 0 Å². The number of benzene rings is 1. The lowest BCUT2D eigenvalue weighted by molar-refractivity contribution is -0.142. The summed E-state index contributed by atoms with van der Waals surface area (Å²) in [5.74, 6) is -1.75. The van der Waals surface area contributed by atoms with Crippen LogP contribution >= 0.6 is 0 Å². The van der Waals surface area contributed by atoms with E-state index < -0.39 is 17.4 Å². The van der Waals surface area contributed by atoms with Gasteiger partial charge in [0, 0.05) is 23.8 Å². The molecule has 0 radical (unpaired) electrons. The van der Waals surface area contributed by atoms with Gasteiger partial charge in [-0.25, -0.2) is 0 Å². The van der Waals surface area contributed by atoms with Gasteiger partial charge in [-0.3, -0.25) is 24.6 Å². The van der Waals surface area contributed by atoms with Crippen molar-refractivity contribution in [1.82, 2.24) is 10.2 Å². The Morgan fingerprint density at radius 1 is 1.15 bits per heavy atom. The van der Waals surface area contributed by atoms with Crippen molar-refractivity contribution in [3.63, 3.8) is 0 Å². The highest BCUT2D eigenvalue weighted by Crippen LogP contribution is 2.53. The second kappa shape index (κ2) is 5.64. The Morgan fingerprint density at radius 2 is 1.88 bits per heavy atom. The molecule has 2 fully saturated rings. The zero-order valence-corrected chi connectivity index (χ0v) is 15.7.